The summed E-state index contributed by atoms with van der Waals surface area (Å²) in [7, 11) is 1.00. The van der Waals surface area contributed by atoms with Crippen LogP contribution in [0.4, 0.5) is 19.0 Å². The van der Waals surface area contributed by atoms with Gasteiger partial charge in [0, 0.05) is 31.1 Å². The molecule has 1 aromatic carbocycles. The molecule has 2 heterocycles. The zero-order valence-electron chi connectivity index (χ0n) is 17.7. The van der Waals surface area contributed by atoms with Crippen molar-refractivity contribution in [3.8, 4) is 5.75 Å². The first-order valence-corrected chi connectivity index (χ1v) is 9.82. The fraction of sp³-hybridized carbons (Fsp3) is 0.550. The number of aliphatic hydroxyl groups is 1. The van der Waals surface area contributed by atoms with Gasteiger partial charge in [0.2, 0.25) is 5.91 Å². The summed E-state index contributed by atoms with van der Waals surface area (Å²) in [5.74, 6) is 0.0143. The summed E-state index contributed by atoms with van der Waals surface area (Å²) in [6, 6.07) is 4.03. The molecule has 10 heteroatoms. The molecule has 30 heavy (non-hydrogen) atoms. The number of piperidine rings is 1. The van der Waals surface area contributed by atoms with Gasteiger partial charge < -0.3 is 20.1 Å². The van der Waals surface area contributed by atoms with Crippen molar-refractivity contribution < 1.29 is 27.8 Å². The van der Waals surface area contributed by atoms with Crippen molar-refractivity contribution in [2.45, 2.75) is 52.4 Å². The van der Waals surface area contributed by atoms with Crippen molar-refractivity contribution in [1.82, 2.24) is 14.9 Å². The molecule has 1 atom stereocenters. The zero-order valence-corrected chi connectivity index (χ0v) is 17.7. The van der Waals surface area contributed by atoms with Crippen LogP contribution in [0.2, 0.25) is 0 Å². The summed E-state index contributed by atoms with van der Waals surface area (Å²) in [6.45, 7) is 6.83. The molecule has 2 aromatic rings. The molecule has 1 saturated heterocycles. The van der Waals surface area contributed by atoms with Crippen molar-refractivity contribution in [2.24, 2.45) is 0 Å². The first kappa shape index (κ1) is 25.4. The van der Waals surface area contributed by atoms with Crippen LogP contribution in [0.15, 0.2) is 24.5 Å². The number of fused-ring (bicyclic) bond motifs is 1. The third kappa shape index (κ3) is 7.33. The third-order valence-electron chi connectivity index (χ3n) is 4.37. The Morgan fingerprint density at radius 3 is 2.60 bits per heavy atom. The van der Waals surface area contributed by atoms with E-state index >= 15 is 0 Å². The number of amides is 1. The number of rotatable bonds is 4. The number of nitrogens with zero attached hydrogens (tertiary/aromatic N) is 3. The first-order chi connectivity index (χ1) is 14.3. The van der Waals surface area contributed by atoms with E-state index in [1.54, 1.807) is 0 Å². The number of halogens is 3. The van der Waals surface area contributed by atoms with Crippen LogP contribution in [0, 0.1) is 0 Å². The standard InChI is InChI=1S/C17H19F3N4O2.C2H6.CH4O/c1-11-4-2-3-7-24(11)15(25)9-21-16-13-6-5-12(26-17(18,19)20)8-14(13)22-10-23-16;2*1-2/h5-6,8,10-11H,2-4,7,9H2,1H3,(H,21,22,23);1-2H3;2H,1H3. The van der Waals surface area contributed by atoms with Crippen molar-refractivity contribution >= 4 is 22.6 Å². The van der Waals surface area contributed by atoms with Crippen molar-refractivity contribution in [2.75, 3.05) is 25.5 Å². The van der Waals surface area contributed by atoms with Gasteiger partial charge in [-0.3, -0.25) is 4.79 Å². The van der Waals surface area contributed by atoms with Gasteiger partial charge in [-0.15, -0.1) is 13.2 Å². The molecule has 0 spiro atoms. The average molecular weight is 430 g/mol. The Bertz CT molecular complexity index is 802. The number of benzene rings is 1. The number of hydrogen-bond donors (Lipinski definition) is 2. The van der Waals surface area contributed by atoms with E-state index in [2.05, 4.69) is 20.0 Å². The van der Waals surface area contributed by atoms with Crippen LogP contribution < -0.4 is 10.1 Å². The van der Waals surface area contributed by atoms with Gasteiger partial charge in [0.1, 0.15) is 17.9 Å². The SMILES string of the molecule is CC.CC1CCCCN1C(=O)CNc1ncnc2cc(OC(F)(F)F)ccc12.CO. The molecule has 3 rings (SSSR count). The van der Waals surface area contributed by atoms with Crippen molar-refractivity contribution in [3.05, 3.63) is 24.5 Å². The van der Waals surface area contributed by atoms with E-state index < -0.39 is 6.36 Å². The number of carbonyl (C=O) groups excluding carboxylic acids is 1. The minimum atomic E-state index is -4.76. The number of likely N-dealkylation sites (tertiary alicyclic amines) is 1. The van der Waals surface area contributed by atoms with E-state index in [1.807, 2.05) is 25.7 Å². The fourth-order valence-corrected chi connectivity index (χ4v) is 3.10. The molecule has 168 valence electrons. The van der Waals surface area contributed by atoms with Crippen LogP contribution in [-0.4, -0.2) is 58.5 Å². The molecular formula is C20H29F3N4O3. The van der Waals surface area contributed by atoms with Gasteiger partial charge in [-0.1, -0.05) is 13.8 Å². The number of alkyl halides is 3. The van der Waals surface area contributed by atoms with Crippen LogP contribution >= 0.6 is 0 Å². The Morgan fingerprint density at radius 1 is 1.27 bits per heavy atom. The Balaban J connectivity index is 0.00000106. The predicted octanol–water partition coefficient (Wildman–Crippen LogP) is 3.98. The Morgan fingerprint density at radius 2 is 1.97 bits per heavy atom. The molecule has 1 fully saturated rings. The monoisotopic (exact) mass is 430 g/mol. The molecule has 1 amide bonds. The Labute approximate surface area is 174 Å². The van der Waals surface area contributed by atoms with E-state index in [9.17, 15) is 18.0 Å². The lowest BCUT2D eigenvalue weighted by Crippen LogP contribution is -2.44. The molecule has 0 saturated carbocycles. The molecule has 1 aliphatic heterocycles. The lowest BCUT2D eigenvalue weighted by Gasteiger charge is -2.33. The number of nitrogens with one attached hydrogen (secondary N) is 1. The van der Waals surface area contributed by atoms with Gasteiger partial charge in [0.05, 0.1) is 12.1 Å². The van der Waals surface area contributed by atoms with E-state index in [0.29, 0.717) is 16.7 Å². The van der Waals surface area contributed by atoms with Crippen LogP contribution in [0.25, 0.3) is 10.9 Å². The van der Waals surface area contributed by atoms with E-state index in [4.69, 9.17) is 5.11 Å². The molecular weight excluding hydrogens is 401 g/mol. The summed E-state index contributed by atoms with van der Waals surface area (Å²) in [5, 5.41) is 10.5. The van der Waals surface area contributed by atoms with Gasteiger partial charge in [0.15, 0.2) is 0 Å². The largest absolute Gasteiger partial charge is 0.573 e. The molecule has 1 aromatic heterocycles. The highest BCUT2D eigenvalue weighted by atomic mass is 19.4. The Kier molecular flexibility index (Phi) is 10.3. The highest BCUT2D eigenvalue weighted by Crippen LogP contribution is 2.28. The van der Waals surface area contributed by atoms with Crippen LogP contribution in [0.3, 0.4) is 0 Å². The second-order valence-corrected chi connectivity index (χ2v) is 6.23. The lowest BCUT2D eigenvalue weighted by atomic mass is 10.0. The number of aliphatic hydroxyl groups excluding tert-OH is 1. The minimum absolute atomic E-state index is 0.0269. The van der Waals surface area contributed by atoms with E-state index in [0.717, 1.165) is 32.9 Å². The summed E-state index contributed by atoms with van der Waals surface area (Å²) in [6.07, 6.45) is -0.425. The topological polar surface area (TPSA) is 87.6 Å². The van der Waals surface area contributed by atoms with Gasteiger partial charge in [-0.05, 0) is 38.3 Å². The lowest BCUT2D eigenvalue weighted by molar-refractivity contribution is -0.274. The van der Waals surface area contributed by atoms with E-state index in [1.165, 1.54) is 24.5 Å². The van der Waals surface area contributed by atoms with E-state index in [-0.39, 0.29) is 24.2 Å². The maximum atomic E-state index is 12.4. The molecule has 2 N–H and O–H groups in total. The minimum Gasteiger partial charge on any atom is -0.406 e. The number of hydrogen-bond acceptors (Lipinski definition) is 6. The van der Waals surface area contributed by atoms with Crippen LogP contribution in [0.5, 0.6) is 5.75 Å². The summed E-state index contributed by atoms with van der Waals surface area (Å²) in [5.41, 5.74) is 0.294. The third-order valence-corrected chi connectivity index (χ3v) is 4.37. The maximum Gasteiger partial charge on any atom is 0.573 e. The number of carbonyl (C=O) groups is 1. The summed E-state index contributed by atoms with van der Waals surface area (Å²) >= 11 is 0. The van der Waals surface area contributed by atoms with Crippen molar-refractivity contribution in [3.63, 3.8) is 0 Å². The van der Waals surface area contributed by atoms with Crippen LogP contribution in [-0.2, 0) is 4.79 Å². The second kappa shape index (κ2) is 12.2. The fourth-order valence-electron chi connectivity index (χ4n) is 3.10. The molecule has 0 bridgehead atoms. The molecule has 1 aliphatic rings. The zero-order chi connectivity index (χ0) is 22.7. The van der Waals surface area contributed by atoms with Gasteiger partial charge in [0.25, 0.3) is 0 Å². The first-order valence-electron chi connectivity index (χ1n) is 9.82. The van der Waals surface area contributed by atoms with Gasteiger partial charge in [-0.2, -0.15) is 0 Å². The highest BCUT2D eigenvalue weighted by molar-refractivity contribution is 5.91. The number of aromatic nitrogens is 2. The average Bonchev–Trinajstić information content (AvgIpc) is 2.74. The summed E-state index contributed by atoms with van der Waals surface area (Å²) in [4.78, 5) is 22.3. The molecule has 0 radical (unpaired) electrons. The maximum absolute atomic E-state index is 12.4. The summed E-state index contributed by atoms with van der Waals surface area (Å²) < 4.78 is 40.9. The molecule has 0 aliphatic carbocycles. The Hall–Kier alpha value is -2.62. The normalized spacial score (nSPS) is 16.0. The molecule has 7 nitrogen and oxygen atoms in total. The second-order valence-electron chi connectivity index (χ2n) is 6.23. The van der Waals surface area contributed by atoms with Crippen LogP contribution in [0.1, 0.15) is 40.0 Å². The molecule has 1 unspecified atom stereocenters. The quantitative estimate of drug-likeness (QED) is 0.763. The van der Waals surface area contributed by atoms with Crippen molar-refractivity contribution in [1.29, 1.82) is 0 Å². The number of ether oxygens (including phenoxy) is 1. The van der Waals surface area contributed by atoms with Gasteiger partial charge in [-0.25, -0.2) is 9.97 Å². The predicted molar refractivity (Wildman–Crippen MR) is 109 cm³/mol. The van der Waals surface area contributed by atoms with Gasteiger partial charge >= 0.3 is 6.36 Å². The number of anilines is 1. The smallest absolute Gasteiger partial charge is 0.406 e. The highest BCUT2D eigenvalue weighted by Gasteiger charge is 2.31.